The van der Waals surface area contributed by atoms with Gasteiger partial charge in [0, 0.05) is 27.7 Å². The lowest BCUT2D eigenvalue weighted by Gasteiger charge is -2.22. The first-order valence-corrected chi connectivity index (χ1v) is 11.3. The number of methoxy groups -OCH3 is 3. The van der Waals surface area contributed by atoms with Gasteiger partial charge in [0.25, 0.3) is 5.91 Å². The van der Waals surface area contributed by atoms with Crippen LogP contribution in [-0.4, -0.2) is 37.3 Å². The van der Waals surface area contributed by atoms with Crippen LogP contribution >= 0.6 is 23.2 Å². The summed E-state index contributed by atoms with van der Waals surface area (Å²) in [5.41, 5.74) is 1.65. The molecular formula is C26H22Cl2N2O5. The number of hydrogen-bond donors (Lipinski definition) is 2. The maximum atomic E-state index is 13.4. The van der Waals surface area contributed by atoms with Gasteiger partial charge in [0.1, 0.15) is 11.3 Å². The number of pyridine rings is 1. The lowest BCUT2D eigenvalue weighted by molar-refractivity contribution is 0.0942. The Kier molecular flexibility index (Phi) is 7.19. The summed E-state index contributed by atoms with van der Waals surface area (Å²) in [6, 6.07) is 14.4. The summed E-state index contributed by atoms with van der Waals surface area (Å²) in [7, 11) is 4.42. The van der Waals surface area contributed by atoms with Crippen molar-refractivity contribution in [3.05, 3.63) is 87.5 Å². The predicted molar refractivity (Wildman–Crippen MR) is 135 cm³/mol. The lowest BCUT2D eigenvalue weighted by Crippen LogP contribution is -2.29. The predicted octanol–water partition coefficient (Wildman–Crippen LogP) is 5.79. The van der Waals surface area contributed by atoms with E-state index in [1.807, 2.05) is 0 Å². The van der Waals surface area contributed by atoms with Crippen molar-refractivity contribution in [2.45, 2.75) is 6.04 Å². The van der Waals surface area contributed by atoms with Crippen molar-refractivity contribution in [1.29, 1.82) is 0 Å². The number of ether oxygens (including phenoxy) is 3. The Hall–Kier alpha value is -3.68. The van der Waals surface area contributed by atoms with Crippen molar-refractivity contribution in [2.24, 2.45) is 0 Å². The molecule has 0 radical (unpaired) electrons. The molecule has 2 N–H and O–H groups in total. The van der Waals surface area contributed by atoms with E-state index in [4.69, 9.17) is 37.4 Å². The second kappa shape index (κ2) is 10.3. The van der Waals surface area contributed by atoms with E-state index in [1.165, 1.54) is 21.3 Å². The van der Waals surface area contributed by atoms with Gasteiger partial charge in [-0.2, -0.15) is 0 Å². The van der Waals surface area contributed by atoms with Crippen LogP contribution in [0.2, 0.25) is 10.0 Å². The van der Waals surface area contributed by atoms with E-state index in [1.54, 1.807) is 60.8 Å². The number of aromatic nitrogens is 1. The normalized spacial score (nSPS) is 11.7. The van der Waals surface area contributed by atoms with Crippen molar-refractivity contribution in [2.75, 3.05) is 21.3 Å². The zero-order valence-electron chi connectivity index (χ0n) is 19.1. The number of rotatable bonds is 7. The number of benzene rings is 3. The number of hydrogen-bond acceptors (Lipinski definition) is 6. The molecule has 0 saturated heterocycles. The quantitative estimate of drug-likeness (QED) is 0.325. The molecule has 0 saturated carbocycles. The standard InChI is InChI=1S/C26H22Cl2N2O5/c1-33-20-11-15(12-21(34-2)25(20)35-3)26(32)30-22(14-6-8-16(27)9-7-14)18-13-19(28)17-5-4-10-29-23(17)24(18)31/h4-13,22,31H,1-3H3,(H,30,32)/t22-/m1/s1. The second-order valence-corrected chi connectivity index (χ2v) is 8.41. The second-order valence-electron chi connectivity index (χ2n) is 7.57. The molecule has 0 bridgehead atoms. The molecule has 0 aliphatic heterocycles. The third kappa shape index (κ3) is 4.78. The van der Waals surface area contributed by atoms with Crippen LogP contribution in [0.4, 0.5) is 0 Å². The highest BCUT2D eigenvalue weighted by Gasteiger charge is 2.25. The number of phenolic OH excluding ortho intramolecular Hbond substituents is 1. The molecule has 180 valence electrons. The van der Waals surface area contributed by atoms with Crippen LogP contribution < -0.4 is 19.5 Å². The van der Waals surface area contributed by atoms with Gasteiger partial charge in [-0.1, -0.05) is 35.3 Å². The summed E-state index contributed by atoms with van der Waals surface area (Å²) >= 11 is 12.6. The summed E-state index contributed by atoms with van der Waals surface area (Å²) in [5, 5.41) is 15.6. The number of carbonyl (C=O) groups is 1. The Labute approximate surface area is 212 Å². The van der Waals surface area contributed by atoms with E-state index < -0.39 is 11.9 Å². The Morgan fingerprint density at radius 3 is 2.23 bits per heavy atom. The van der Waals surface area contributed by atoms with Crippen LogP contribution in [0.3, 0.4) is 0 Å². The topological polar surface area (TPSA) is 89.9 Å². The highest BCUT2D eigenvalue weighted by atomic mass is 35.5. The van der Waals surface area contributed by atoms with Gasteiger partial charge in [-0.15, -0.1) is 0 Å². The van der Waals surface area contributed by atoms with Crippen LogP contribution in [0.15, 0.2) is 60.8 Å². The van der Waals surface area contributed by atoms with E-state index in [0.717, 1.165) is 0 Å². The number of amides is 1. The van der Waals surface area contributed by atoms with Gasteiger partial charge in [-0.3, -0.25) is 9.78 Å². The van der Waals surface area contributed by atoms with Crippen molar-refractivity contribution in [1.82, 2.24) is 10.3 Å². The van der Waals surface area contributed by atoms with E-state index in [0.29, 0.717) is 49.3 Å². The molecule has 1 heterocycles. The fraction of sp³-hybridized carbons (Fsp3) is 0.154. The van der Waals surface area contributed by atoms with Gasteiger partial charge in [-0.05, 0) is 48.0 Å². The number of nitrogens with zero attached hydrogens (tertiary/aromatic N) is 1. The zero-order chi connectivity index (χ0) is 25.1. The Morgan fingerprint density at radius 2 is 1.63 bits per heavy atom. The molecule has 0 spiro atoms. The molecule has 4 rings (SSSR count). The highest BCUT2D eigenvalue weighted by Crippen LogP contribution is 2.40. The fourth-order valence-corrected chi connectivity index (χ4v) is 4.24. The minimum atomic E-state index is -0.775. The minimum absolute atomic E-state index is 0.0878. The molecule has 0 aliphatic carbocycles. The van der Waals surface area contributed by atoms with Crippen LogP contribution in [0.25, 0.3) is 10.9 Å². The van der Waals surface area contributed by atoms with Crippen LogP contribution in [-0.2, 0) is 0 Å². The minimum Gasteiger partial charge on any atom is -0.505 e. The molecule has 7 nitrogen and oxygen atoms in total. The lowest BCUT2D eigenvalue weighted by atomic mass is 9.95. The van der Waals surface area contributed by atoms with Crippen LogP contribution in [0.5, 0.6) is 23.0 Å². The Morgan fingerprint density at radius 1 is 0.971 bits per heavy atom. The molecule has 0 fully saturated rings. The van der Waals surface area contributed by atoms with Gasteiger partial charge in [0.05, 0.1) is 32.4 Å². The summed E-state index contributed by atoms with van der Waals surface area (Å²) < 4.78 is 16.1. The summed E-state index contributed by atoms with van der Waals surface area (Å²) in [6.07, 6.45) is 1.56. The van der Waals surface area contributed by atoms with Gasteiger partial charge >= 0.3 is 0 Å². The number of nitrogens with one attached hydrogen (secondary N) is 1. The maximum Gasteiger partial charge on any atom is 0.252 e. The monoisotopic (exact) mass is 512 g/mol. The molecular weight excluding hydrogens is 491 g/mol. The van der Waals surface area contributed by atoms with Gasteiger partial charge in [0.2, 0.25) is 5.75 Å². The molecule has 0 unspecified atom stereocenters. The molecule has 0 aliphatic rings. The fourth-order valence-electron chi connectivity index (χ4n) is 3.85. The van der Waals surface area contributed by atoms with Crippen molar-refractivity contribution < 1.29 is 24.1 Å². The summed E-state index contributed by atoms with van der Waals surface area (Å²) in [4.78, 5) is 17.7. The van der Waals surface area contributed by atoms with Crippen molar-refractivity contribution in [3.8, 4) is 23.0 Å². The van der Waals surface area contributed by atoms with Crippen molar-refractivity contribution in [3.63, 3.8) is 0 Å². The van der Waals surface area contributed by atoms with Gasteiger partial charge < -0.3 is 24.6 Å². The average molecular weight is 513 g/mol. The number of fused-ring (bicyclic) bond motifs is 1. The van der Waals surface area contributed by atoms with Crippen LogP contribution in [0.1, 0.15) is 27.5 Å². The number of aromatic hydroxyl groups is 1. The van der Waals surface area contributed by atoms with E-state index in [2.05, 4.69) is 10.3 Å². The number of carbonyl (C=O) groups excluding carboxylic acids is 1. The highest BCUT2D eigenvalue weighted by molar-refractivity contribution is 6.35. The largest absolute Gasteiger partial charge is 0.505 e. The van der Waals surface area contributed by atoms with Crippen molar-refractivity contribution >= 4 is 40.0 Å². The van der Waals surface area contributed by atoms with E-state index in [9.17, 15) is 9.90 Å². The number of halogens is 2. The molecule has 35 heavy (non-hydrogen) atoms. The maximum absolute atomic E-state index is 13.4. The van der Waals surface area contributed by atoms with E-state index in [-0.39, 0.29) is 11.3 Å². The summed E-state index contributed by atoms with van der Waals surface area (Å²) in [5.74, 6) is 0.503. The van der Waals surface area contributed by atoms with Crippen LogP contribution in [0, 0.1) is 0 Å². The third-order valence-electron chi connectivity index (χ3n) is 5.56. The molecule has 3 aromatic carbocycles. The summed E-state index contributed by atoms with van der Waals surface area (Å²) in [6.45, 7) is 0. The first-order valence-electron chi connectivity index (χ1n) is 10.5. The average Bonchev–Trinajstić information content (AvgIpc) is 2.89. The van der Waals surface area contributed by atoms with Gasteiger partial charge in [0.15, 0.2) is 11.5 Å². The van der Waals surface area contributed by atoms with E-state index >= 15 is 0 Å². The Balaban J connectivity index is 1.83. The third-order valence-corrected chi connectivity index (χ3v) is 6.13. The number of phenols is 1. The Bertz CT molecular complexity index is 1370. The molecule has 9 heteroatoms. The first kappa shape index (κ1) is 24.4. The SMILES string of the molecule is COc1cc(C(=O)N[C@H](c2ccc(Cl)cc2)c2cc(Cl)c3cccnc3c2O)cc(OC)c1OC. The molecule has 1 amide bonds. The first-order chi connectivity index (χ1) is 16.9. The smallest absolute Gasteiger partial charge is 0.252 e. The molecule has 1 atom stereocenters. The zero-order valence-corrected chi connectivity index (χ0v) is 20.6. The molecule has 4 aromatic rings. The molecule has 1 aromatic heterocycles. The van der Waals surface area contributed by atoms with Gasteiger partial charge in [-0.25, -0.2) is 0 Å².